The van der Waals surface area contributed by atoms with Gasteiger partial charge in [-0.25, -0.2) is 8.42 Å². The van der Waals surface area contributed by atoms with Gasteiger partial charge in [-0.1, -0.05) is 53.2 Å². The molecule has 2 rings (SSSR count). The largest absolute Gasteiger partial charge is 0.352 e. The lowest BCUT2D eigenvalue weighted by atomic mass is 10.1. The lowest BCUT2D eigenvalue weighted by Crippen LogP contribution is -2.52. The first-order valence-electron chi connectivity index (χ1n) is 10.4. The first kappa shape index (κ1) is 25.9. The highest BCUT2D eigenvalue weighted by Gasteiger charge is 2.30. The molecule has 0 aliphatic heterocycles. The Labute approximate surface area is 199 Å². The van der Waals surface area contributed by atoms with Crippen molar-refractivity contribution in [2.45, 2.75) is 45.8 Å². The number of hydrogen-bond acceptors (Lipinski definition) is 4. The fourth-order valence-corrected chi connectivity index (χ4v) is 4.16. The fourth-order valence-electron chi connectivity index (χ4n) is 3.05. The summed E-state index contributed by atoms with van der Waals surface area (Å²) in [6.07, 6.45) is 1.82. The summed E-state index contributed by atoms with van der Waals surface area (Å²) in [6.45, 7) is 5.29. The number of nitrogens with zero attached hydrogens (tertiary/aromatic N) is 2. The average Bonchev–Trinajstić information content (AvgIpc) is 2.75. The molecule has 32 heavy (non-hydrogen) atoms. The third kappa shape index (κ3) is 7.34. The molecule has 7 nitrogen and oxygen atoms in total. The van der Waals surface area contributed by atoms with E-state index in [1.807, 2.05) is 44.2 Å². The van der Waals surface area contributed by atoms with E-state index >= 15 is 0 Å². The highest BCUT2D eigenvalue weighted by molar-refractivity contribution is 9.10. The van der Waals surface area contributed by atoms with Crippen molar-refractivity contribution in [3.8, 4) is 0 Å². The van der Waals surface area contributed by atoms with E-state index in [0.717, 1.165) is 27.0 Å². The highest BCUT2D eigenvalue weighted by atomic mass is 79.9. The third-order valence-corrected chi connectivity index (χ3v) is 6.83. The minimum Gasteiger partial charge on any atom is -0.352 e. The molecular formula is C23H30BrN3O4S. The number of carbonyl (C=O) groups excluding carboxylic acids is 2. The number of rotatable bonds is 10. The van der Waals surface area contributed by atoms with Gasteiger partial charge in [0.2, 0.25) is 21.8 Å². The normalized spacial score (nSPS) is 13.2. The number of carbonyl (C=O) groups is 2. The van der Waals surface area contributed by atoms with E-state index in [9.17, 15) is 18.0 Å². The van der Waals surface area contributed by atoms with Gasteiger partial charge in [0.25, 0.3) is 0 Å². The number of sulfonamides is 1. The second-order valence-corrected chi connectivity index (χ2v) is 10.6. The molecule has 0 bridgehead atoms. The zero-order valence-corrected chi connectivity index (χ0v) is 21.2. The van der Waals surface area contributed by atoms with Crippen LogP contribution in [0.5, 0.6) is 0 Å². The summed E-state index contributed by atoms with van der Waals surface area (Å²) in [4.78, 5) is 27.6. The van der Waals surface area contributed by atoms with Gasteiger partial charge >= 0.3 is 0 Å². The van der Waals surface area contributed by atoms with Gasteiger partial charge in [-0.15, -0.1) is 0 Å². The number of nitrogens with one attached hydrogen (secondary N) is 1. The van der Waals surface area contributed by atoms with Crippen molar-refractivity contribution in [3.05, 3.63) is 64.6 Å². The summed E-state index contributed by atoms with van der Waals surface area (Å²) < 4.78 is 26.8. The summed E-state index contributed by atoms with van der Waals surface area (Å²) in [7, 11) is -3.73. The first-order chi connectivity index (χ1) is 15.0. The maximum Gasteiger partial charge on any atom is 0.244 e. The maximum absolute atomic E-state index is 13.4. The van der Waals surface area contributed by atoms with Crippen LogP contribution in [0.1, 0.15) is 32.8 Å². The topological polar surface area (TPSA) is 86.8 Å². The number of amides is 2. The Balaban J connectivity index is 2.34. The van der Waals surface area contributed by atoms with Crippen LogP contribution >= 0.6 is 15.9 Å². The minimum absolute atomic E-state index is 0.0334. The van der Waals surface area contributed by atoms with Crippen molar-refractivity contribution in [2.24, 2.45) is 0 Å². The predicted octanol–water partition coefficient (Wildman–Crippen LogP) is 3.55. The van der Waals surface area contributed by atoms with Crippen molar-refractivity contribution in [1.29, 1.82) is 0 Å². The molecule has 1 N–H and O–H groups in total. The Morgan fingerprint density at radius 2 is 1.62 bits per heavy atom. The Kier molecular flexibility index (Phi) is 9.27. The lowest BCUT2D eigenvalue weighted by molar-refractivity contribution is -0.139. The lowest BCUT2D eigenvalue weighted by Gasteiger charge is -2.32. The molecular weight excluding hydrogens is 494 g/mol. The third-order valence-electron chi connectivity index (χ3n) is 5.16. The molecule has 0 spiro atoms. The molecule has 0 aliphatic rings. The van der Waals surface area contributed by atoms with Crippen LogP contribution in [0.3, 0.4) is 0 Å². The Bertz CT molecular complexity index is 1010. The summed E-state index contributed by atoms with van der Waals surface area (Å²) in [5.41, 5.74) is 1.22. The van der Waals surface area contributed by atoms with E-state index in [2.05, 4.69) is 21.2 Å². The monoisotopic (exact) mass is 523 g/mol. The molecule has 2 amide bonds. The van der Waals surface area contributed by atoms with Gasteiger partial charge in [0.05, 0.1) is 11.9 Å². The molecule has 0 aromatic heterocycles. The van der Waals surface area contributed by atoms with Gasteiger partial charge < -0.3 is 10.2 Å². The molecule has 0 unspecified atom stereocenters. The highest BCUT2D eigenvalue weighted by Crippen LogP contribution is 2.21. The van der Waals surface area contributed by atoms with Gasteiger partial charge in [0.15, 0.2) is 0 Å². The molecule has 0 saturated carbocycles. The zero-order chi connectivity index (χ0) is 23.9. The number of halogens is 1. The van der Waals surface area contributed by atoms with Gasteiger partial charge in [-0.3, -0.25) is 13.9 Å². The molecule has 9 heteroatoms. The zero-order valence-electron chi connectivity index (χ0n) is 18.8. The Morgan fingerprint density at radius 1 is 1.03 bits per heavy atom. The van der Waals surface area contributed by atoms with Crippen LogP contribution in [-0.4, -0.2) is 50.0 Å². The summed E-state index contributed by atoms with van der Waals surface area (Å²) in [5, 5.41) is 2.90. The summed E-state index contributed by atoms with van der Waals surface area (Å²) >= 11 is 3.33. The van der Waals surface area contributed by atoms with E-state index < -0.39 is 28.5 Å². The number of anilines is 1. The van der Waals surface area contributed by atoms with E-state index in [4.69, 9.17) is 0 Å². The standard InChI is InChI=1S/C23H30BrN3O4S/c1-5-17(2)25-23(29)18(3)26(15-19-9-7-6-8-10-19)22(28)16-27(32(4,30)31)21-13-11-20(24)12-14-21/h6-14,17-18H,5,15-16H2,1-4H3,(H,25,29)/t17-,18+/m0/s1. The van der Waals surface area contributed by atoms with Crippen LogP contribution in [0, 0.1) is 0 Å². The van der Waals surface area contributed by atoms with Crippen LogP contribution < -0.4 is 9.62 Å². The van der Waals surface area contributed by atoms with Gasteiger partial charge in [0.1, 0.15) is 12.6 Å². The molecule has 0 heterocycles. The summed E-state index contributed by atoms with van der Waals surface area (Å²) in [6, 6.07) is 15.2. The van der Waals surface area contributed by atoms with E-state index in [1.165, 1.54) is 4.90 Å². The molecule has 2 atom stereocenters. The molecule has 174 valence electrons. The van der Waals surface area contributed by atoms with Crippen LogP contribution in [0.2, 0.25) is 0 Å². The molecule has 0 fully saturated rings. The van der Waals surface area contributed by atoms with Crippen molar-refractivity contribution in [1.82, 2.24) is 10.2 Å². The average molecular weight is 524 g/mol. The SMILES string of the molecule is CC[C@H](C)NC(=O)[C@@H](C)N(Cc1ccccc1)C(=O)CN(c1ccc(Br)cc1)S(C)(=O)=O. The van der Waals surface area contributed by atoms with Crippen LogP contribution in [-0.2, 0) is 26.2 Å². The first-order valence-corrected chi connectivity index (χ1v) is 13.0. The van der Waals surface area contributed by atoms with Gasteiger partial charge in [-0.05, 0) is 50.1 Å². The van der Waals surface area contributed by atoms with E-state index in [-0.39, 0.29) is 18.5 Å². The smallest absolute Gasteiger partial charge is 0.244 e. The van der Waals surface area contributed by atoms with Gasteiger partial charge in [0, 0.05) is 17.1 Å². The van der Waals surface area contributed by atoms with Crippen molar-refractivity contribution >= 4 is 43.5 Å². The Hall–Kier alpha value is -2.39. The van der Waals surface area contributed by atoms with Crippen molar-refractivity contribution in [3.63, 3.8) is 0 Å². The van der Waals surface area contributed by atoms with Crippen LogP contribution in [0.15, 0.2) is 59.1 Å². The van der Waals surface area contributed by atoms with E-state index in [0.29, 0.717) is 5.69 Å². The molecule has 0 saturated heterocycles. The quantitative estimate of drug-likeness (QED) is 0.515. The maximum atomic E-state index is 13.4. The van der Waals surface area contributed by atoms with Crippen LogP contribution in [0.4, 0.5) is 5.69 Å². The van der Waals surface area contributed by atoms with Crippen molar-refractivity contribution in [2.75, 3.05) is 17.1 Å². The minimum atomic E-state index is -3.73. The van der Waals surface area contributed by atoms with Gasteiger partial charge in [-0.2, -0.15) is 0 Å². The summed E-state index contributed by atoms with van der Waals surface area (Å²) in [5.74, 6) is -0.743. The second kappa shape index (κ2) is 11.5. The molecule has 2 aromatic rings. The fraction of sp³-hybridized carbons (Fsp3) is 0.391. The second-order valence-electron chi connectivity index (χ2n) is 7.75. The molecule has 0 radical (unpaired) electrons. The van der Waals surface area contributed by atoms with E-state index in [1.54, 1.807) is 31.2 Å². The van der Waals surface area contributed by atoms with Crippen LogP contribution in [0.25, 0.3) is 0 Å². The predicted molar refractivity (Wildman–Crippen MR) is 131 cm³/mol. The molecule has 0 aliphatic carbocycles. The number of benzene rings is 2. The molecule has 2 aromatic carbocycles. The Morgan fingerprint density at radius 3 is 2.16 bits per heavy atom. The van der Waals surface area contributed by atoms with Crippen molar-refractivity contribution < 1.29 is 18.0 Å². The number of hydrogen-bond donors (Lipinski definition) is 1.